The zero-order valence-electron chi connectivity index (χ0n) is 19.5. The van der Waals surface area contributed by atoms with Crippen LogP contribution in [0.4, 0.5) is 0 Å². The van der Waals surface area contributed by atoms with Gasteiger partial charge in [0.2, 0.25) is 0 Å². The molecule has 172 valence electrons. The van der Waals surface area contributed by atoms with Crippen LogP contribution >= 0.6 is 7.14 Å². The van der Waals surface area contributed by atoms with Gasteiger partial charge in [-0.1, -0.05) is 105 Å². The van der Waals surface area contributed by atoms with E-state index in [2.05, 4.69) is 48.5 Å². The highest BCUT2D eigenvalue weighted by Gasteiger charge is 2.43. The number of benzene rings is 3. The molecule has 0 aliphatic heterocycles. The fourth-order valence-corrected chi connectivity index (χ4v) is 10.7. The first-order valence-corrected chi connectivity index (χ1v) is 14.6. The highest BCUT2D eigenvalue weighted by Crippen LogP contribution is 2.62. The molecular formula is C30H35O2P. The molecule has 2 aliphatic carbocycles. The third-order valence-corrected chi connectivity index (χ3v) is 12.3. The lowest BCUT2D eigenvalue weighted by atomic mass is 9.99. The predicted molar refractivity (Wildman–Crippen MR) is 140 cm³/mol. The van der Waals surface area contributed by atoms with Crippen LogP contribution in [0.25, 0.3) is 22.3 Å². The van der Waals surface area contributed by atoms with Crippen LogP contribution in [-0.2, 0) is 4.57 Å². The van der Waals surface area contributed by atoms with Crippen LogP contribution in [0.5, 0.6) is 5.75 Å². The molecule has 0 spiro atoms. The van der Waals surface area contributed by atoms with E-state index in [1.807, 2.05) is 18.2 Å². The molecule has 0 radical (unpaired) electrons. The smallest absolute Gasteiger partial charge is 0.123 e. The zero-order chi connectivity index (χ0) is 22.7. The van der Waals surface area contributed by atoms with Gasteiger partial charge in [0.1, 0.15) is 12.9 Å². The summed E-state index contributed by atoms with van der Waals surface area (Å²) < 4.78 is 15.2. The molecule has 0 unspecified atom stereocenters. The van der Waals surface area contributed by atoms with Gasteiger partial charge in [0.25, 0.3) is 0 Å². The molecular weight excluding hydrogens is 423 g/mol. The molecule has 33 heavy (non-hydrogen) atoms. The Balaban J connectivity index is 1.56. The van der Waals surface area contributed by atoms with Gasteiger partial charge in [-0.3, -0.25) is 0 Å². The Bertz CT molecular complexity index is 1100. The van der Waals surface area contributed by atoms with Crippen molar-refractivity contribution in [2.75, 3.05) is 0 Å². The Labute approximate surface area is 198 Å². The first kappa shape index (κ1) is 22.5. The fraction of sp³-hybridized carbons (Fsp3) is 0.400. The Kier molecular flexibility index (Phi) is 6.74. The topological polar surface area (TPSA) is 37.3 Å². The monoisotopic (exact) mass is 458 g/mol. The van der Waals surface area contributed by atoms with E-state index in [0.29, 0.717) is 17.1 Å². The Morgan fingerprint density at radius 1 is 0.576 bits per heavy atom. The SMILES string of the molecule is O=P(c1ccccc1-c1ccc(-c2ccccc2O)cc1)(C1CCCCC1)C1CCCCC1. The lowest BCUT2D eigenvalue weighted by Crippen LogP contribution is -2.30. The summed E-state index contributed by atoms with van der Waals surface area (Å²) in [7, 11) is -2.54. The quantitative estimate of drug-likeness (QED) is 0.390. The van der Waals surface area contributed by atoms with E-state index in [-0.39, 0.29) is 0 Å². The maximum absolute atomic E-state index is 15.2. The molecule has 3 aromatic carbocycles. The van der Waals surface area contributed by atoms with E-state index in [0.717, 1.165) is 53.2 Å². The Hall–Kier alpha value is -2.31. The summed E-state index contributed by atoms with van der Waals surface area (Å²) in [5.74, 6) is 0.296. The normalized spacial score (nSPS) is 18.3. The van der Waals surface area contributed by atoms with Gasteiger partial charge in [0.05, 0.1) is 0 Å². The van der Waals surface area contributed by atoms with E-state index in [4.69, 9.17) is 0 Å². The molecule has 5 rings (SSSR count). The van der Waals surface area contributed by atoms with Crippen LogP contribution in [0.3, 0.4) is 0 Å². The average Bonchev–Trinajstić information content (AvgIpc) is 2.90. The first-order valence-electron chi connectivity index (χ1n) is 12.8. The number of para-hydroxylation sites is 1. The second-order valence-electron chi connectivity index (χ2n) is 9.90. The summed E-state index contributed by atoms with van der Waals surface area (Å²) in [6.07, 6.45) is 11.9. The summed E-state index contributed by atoms with van der Waals surface area (Å²) in [6, 6.07) is 24.4. The summed E-state index contributed by atoms with van der Waals surface area (Å²) >= 11 is 0. The van der Waals surface area contributed by atoms with Gasteiger partial charge in [-0.15, -0.1) is 0 Å². The second kappa shape index (κ2) is 9.90. The second-order valence-corrected chi connectivity index (χ2v) is 13.3. The summed E-state index contributed by atoms with van der Waals surface area (Å²) in [5, 5.41) is 11.4. The van der Waals surface area contributed by atoms with Crippen molar-refractivity contribution in [3.63, 3.8) is 0 Å². The fourth-order valence-electron chi connectivity index (χ4n) is 6.19. The van der Waals surface area contributed by atoms with E-state index in [9.17, 15) is 5.11 Å². The standard InChI is InChI=1S/C30H35O2P/c31-29-17-9-7-15-27(29)23-19-21-24(22-20-23)28-16-8-10-18-30(28)33(32,25-11-3-1-4-12-25)26-13-5-2-6-14-26/h7-10,15-22,25-26,31H,1-6,11-14H2. The summed E-state index contributed by atoms with van der Waals surface area (Å²) in [5.41, 5.74) is 4.79. The maximum atomic E-state index is 15.2. The number of phenolic OH excluding ortho intramolecular Hbond substituents is 1. The number of hydrogen-bond donors (Lipinski definition) is 1. The van der Waals surface area contributed by atoms with Gasteiger partial charge in [-0.05, 0) is 48.4 Å². The van der Waals surface area contributed by atoms with E-state index in [1.165, 1.54) is 38.5 Å². The lowest BCUT2D eigenvalue weighted by molar-refractivity contribution is 0.453. The van der Waals surface area contributed by atoms with Gasteiger partial charge in [-0.25, -0.2) is 0 Å². The number of rotatable bonds is 5. The summed E-state index contributed by atoms with van der Waals surface area (Å²) in [4.78, 5) is 0. The van der Waals surface area contributed by atoms with Gasteiger partial charge in [0, 0.05) is 22.2 Å². The number of aromatic hydroxyl groups is 1. The van der Waals surface area contributed by atoms with Crippen molar-refractivity contribution in [2.24, 2.45) is 0 Å². The van der Waals surface area contributed by atoms with Gasteiger partial charge in [0.15, 0.2) is 0 Å². The largest absolute Gasteiger partial charge is 0.507 e. The molecule has 3 heteroatoms. The third-order valence-electron chi connectivity index (χ3n) is 7.93. The third kappa shape index (κ3) is 4.43. The minimum atomic E-state index is -2.54. The molecule has 0 heterocycles. The molecule has 2 saturated carbocycles. The maximum Gasteiger partial charge on any atom is 0.123 e. The van der Waals surface area contributed by atoms with E-state index in [1.54, 1.807) is 6.07 Å². The molecule has 3 aromatic rings. The van der Waals surface area contributed by atoms with E-state index < -0.39 is 7.14 Å². The predicted octanol–water partition coefficient (Wildman–Crippen LogP) is 8.38. The Morgan fingerprint density at radius 3 is 1.58 bits per heavy atom. The van der Waals surface area contributed by atoms with Crippen molar-refractivity contribution in [3.05, 3.63) is 72.8 Å². The molecule has 0 atom stereocenters. The molecule has 0 amide bonds. The van der Waals surface area contributed by atoms with Gasteiger partial charge >= 0.3 is 0 Å². The average molecular weight is 459 g/mol. The molecule has 2 fully saturated rings. The first-order chi connectivity index (χ1) is 16.2. The minimum Gasteiger partial charge on any atom is -0.507 e. The molecule has 1 N–H and O–H groups in total. The summed E-state index contributed by atoms with van der Waals surface area (Å²) in [6.45, 7) is 0. The molecule has 0 saturated heterocycles. The van der Waals surface area contributed by atoms with Crippen molar-refractivity contribution in [3.8, 4) is 28.0 Å². The minimum absolute atomic E-state index is 0.296. The van der Waals surface area contributed by atoms with E-state index >= 15 is 4.57 Å². The van der Waals surface area contributed by atoms with Crippen molar-refractivity contribution >= 4 is 12.4 Å². The van der Waals surface area contributed by atoms with Crippen LogP contribution in [0.2, 0.25) is 0 Å². The van der Waals surface area contributed by atoms with Crippen molar-refractivity contribution in [1.29, 1.82) is 0 Å². The van der Waals surface area contributed by atoms with Crippen molar-refractivity contribution in [2.45, 2.75) is 75.5 Å². The molecule has 0 aromatic heterocycles. The number of hydrogen-bond acceptors (Lipinski definition) is 2. The van der Waals surface area contributed by atoms with Gasteiger partial charge < -0.3 is 9.67 Å². The van der Waals surface area contributed by atoms with Crippen LogP contribution in [0.1, 0.15) is 64.2 Å². The zero-order valence-corrected chi connectivity index (χ0v) is 20.4. The highest BCUT2D eigenvalue weighted by atomic mass is 31.2. The van der Waals surface area contributed by atoms with Crippen molar-refractivity contribution < 1.29 is 9.67 Å². The molecule has 0 bridgehead atoms. The van der Waals surface area contributed by atoms with Gasteiger partial charge in [-0.2, -0.15) is 0 Å². The van der Waals surface area contributed by atoms with Crippen LogP contribution in [0, 0.1) is 0 Å². The van der Waals surface area contributed by atoms with Crippen molar-refractivity contribution in [1.82, 2.24) is 0 Å². The van der Waals surface area contributed by atoms with Crippen LogP contribution < -0.4 is 5.30 Å². The molecule has 2 nitrogen and oxygen atoms in total. The highest BCUT2D eigenvalue weighted by molar-refractivity contribution is 7.73. The number of phenols is 1. The van der Waals surface area contributed by atoms with Crippen LogP contribution in [-0.4, -0.2) is 16.4 Å². The molecule has 2 aliphatic rings. The lowest BCUT2D eigenvalue weighted by Gasteiger charge is -2.39. The Morgan fingerprint density at radius 2 is 1.03 bits per heavy atom. The van der Waals surface area contributed by atoms with Crippen LogP contribution in [0.15, 0.2) is 72.8 Å².